The minimum Gasteiger partial charge on any atom is -0.395 e. The van der Waals surface area contributed by atoms with Gasteiger partial charge in [0.1, 0.15) is 0 Å². The Hall–Kier alpha value is -1.43. The number of likely N-dealkylation sites (N-methyl/N-ethyl adjacent to an activating group) is 1. The lowest BCUT2D eigenvalue weighted by Gasteiger charge is -2.39. The van der Waals surface area contributed by atoms with Gasteiger partial charge in [-0.25, -0.2) is 0 Å². The molecular formula is C15H23N3O2. The number of nitrogens with one attached hydrogen (secondary N) is 1. The lowest BCUT2D eigenvalue weighted by Crippen LogP contribution is -2.50. The van der Waals surface area contributed by atoms with E-state index < -0.39 is 0 Å². The maximum Gasteiger partial charge on any atom is 0.234 e. The summed E-state index contributed by atoms with van der Waals surface area (Å²) in [6.45, 7) is 3.46. The molecule has 0 aromatic heterocycles. The van der Waals surface area contributed by atoms with E-state index in [0.29, 0.717) is 13.1 Å². The maximum absolute atomic E-state index is 11.9. The third kappa shape index (κ3) is 4.03. The third-order valence-corrected chi connectivity index (χ3v) is 3.66. The lowest BCUT2D eigenvalue weighted by atomic mass is 10.0. The van der Waals surface area contributed by atoms with Crippen LogP contribution >= 0.6 is 0 Å². The molecular weight excluding hydrogens is 254 g/mol. The molecule has 1 unspecified atom stereocenters. The van der Waals surface area contributed by atoms with E-state index in [2.05, 4.69) is 34.3 Å². The number of amides is 1. The summed E-state index contributed by atoms with van der Waals surface area (Å²) in [4.78, 5) is 16.4. The Morgan fingerprint density at radius 1 is 1.35 bits per heavy atom. The van der Waals surface area contributed by atoms with Crippen LogP contribution in [0.3, 0.4) is 0 Å². The number of carbonyl (C=O) groups is 1. The number of hydrogen-bond acceptors (Lipinski definition) is 4. The Kier molecular flexibility index (Phi) is 5.52. The molecule has 1 amide bonds. The highest BCUT2D eigenvalue weighted by Gasteiger charge is 2.27. The Labute approximate surface area is 120 Å². The molecule has 110 valence electrons. The van der Waals surface area contributed by atoms with Gasteiger partial charge < -0.3 is 15.3 Å². The fraction of sp³-hybridized carbons (Fsp3) is 0.533. The molecule has 1 aromatic carbocycles. The zero-order valence-electron chi connectivity index (χ0n) is 12.0. The van der Waals surface area contributed by atoms with Crippen molar-refractivity contribution in [3.05, 3.63) is 35.9 Å². The molecule has 1 aliphatic heterocycles. The molecule has 5 nitrogen and oxygen atoms in total. The summed E-state index contributed by atoms with van der Waals surface area (Å²) in [6.07, 6.45) is 0. The smallest absolute Gasteiger partial charge is 0.234 e. The molecule has 1 aromatic rings. The minimum absolute atomic E-state index is 0.0173. The van der Waals surface area contributed by atoms with Crippen molar-refractivity contribution in [1.29, 1.82) is 0 Å². The molecule has 1 atom stereocenters. The molecule has 2 N–H and O–H groups in total. The highest BCUT2D eigenvalue weighted by molar-refractivity contribution is 5.78. The summed E-state index contributed by atoms with van der Waals surface area (Å²) in [5.74, 6) is -0.0236. The number of piperazine rings is 1. The standard InChI is InChI=1S/C15H23N3O2/c1-17-8-9-18(12-15(20)16-7-10-19)14(11-17)13-5-3-2-4-6-13/h2-6,14,19H,7-12H2,1H3,(H,16,20). The fourth-order valence-corrected chi connectivity index (χ4v) is 2.57. The number of aliphatic hydroxyl groups excluding tert-OH is 1. The summed E-state index contributed by atoms with van der Waals surface area (Å²) in [5, 5.41) is 11.5. The molecule has 0 radical (unpaired) electrons. The van der Waals surface area contributed by atoms with Crippen molar-refractivity contribution in [2.75, 3.05) is 46.4 Å². The van der Waals surface area contributed by atoms with E-state index in [4.69, 9.17) is 5.11 Å². The van der Waals surface area contributed by atoms with E-state index in [-0.39, 0.29) is 18.6 Å². The van der Waals surface area contributed by atoms with Crippen LogP contribution in [0.5, 0.6) is 0 Å². The highest BCUT2D eigenvalue weighted by Crippen LogP contribution is 2.24. The molecule has 0 saturated carbocycles. The molecule has 0 spiro atoms. The van der Waals surface area contributed by atoms with Crippen molar-refractivity contribution in [3.63, 3.8) is 0 Å². The molecule has 0 aliphatic carbocycles. The van der Waals surface area contributed by atoms with Gasteiger partial charge in [0.15, 0.2) is 0 Å². The summed E-state index contributed by atoms with van der Waals surface area (Å²) in [5.41, 5.74) is 1.24. The van der Waals surface area contributed by atoms with Crippen LogP contribution in [-0.4, -0.2) is 67.2 Å². The van der Waals surface area contributed by atoms with Crippen LogP contribution in [0, 0.1) is 0 Å². The quantitative estimate of drug-likeness (QED) is 0.800. The van der Waals surface area contributed by atoms with Gasteiger partial charge in [0.25, 0.3) is 0 Å². The van der Waals surface area contributed by atoms with Crippen LogP contribution in [0.1, 0.15) is 11.6 Å². The van der Waals surface area contributed by atoms with E-state index in [9.17, 15) is 4.79 Å². The number of carbonyl (C=O) groups excluding carboxylic acids is 1. The molecule has 1 heterocycles. The molecule has 0 bridgehead atoms. The first-order chi connectivity index (χ1) is 9.70. The van der Waals surface area contributed by atoms with Gasteiger partial charge in [0.05, 0.1) is 13.2 Å². The number of aliphatic hydroxyl groups is 1. The first-order valence-electron chi connectivity index (χ1n) is 7.06. The minimum atomic E-state index is -0.0236. The first-order valence-corrected chi connectivity index (χ1v) is 7.06. The van der Waals surface area contributed by atoms with Crippen molar-refractivity contribution in [2.45, 2.75) is 6.04 Å². The summed E-state index contributed by atoms with van der Waals surface area (Å²) in [7, 11) is 2.11. The lowest BCUT2D eigenvalue weighted by molar-refractivity contribution is -0.123. The Balaban J connectivity index is 2.03. The maximum atomic E-state index is 11.9. The van der Waals surface area contributed by atoms with Gasteiger partial charge in [-0.3, -0.25) is 9.69 Å². The molecule has 1 aliphatic rings. The van der Waals surface area contributed by atoms with Crippen molar-refractivity contribution in [3.8, 4) is 0 Å². The summed E-state index contributed by atoms with van der Waals surface area (Å²) in [6, 6.07) is 10.6. The normalized spacial score (nSPS) is 20.8. The van der Waals surface area contributed by atoms with Gasteiger partial charge >= 0.3 is 0 Å². The monoisotopic (exact) mass is 277 g/mol. The van der Waals surface area contributed by atoms with E-state index in [1.54, 1.807) is 0 Å². The van der Waals surface area contributed by atoms with Crippen molar-refractivity contribution in [2.24, 2.45) is 0 Å². The number of benzene rings is 1. The largest absolute Gasteiger partial charge is 0.395 e. The van der Waals surface area contributed by atoms with Crippen LogP contribution in [-0.2, 0) is 4.79 Å². The zero-order chi connectivity index (χ0) is 14.4. The van der Waals surface area contributed by atoms with Crippen molar-refractivity contribution in [1.82, 2.24) is 15.1 Å². The van der Waals surface area contributed by atoms with E-state index >= 15 is 0 Å². The fourth-order valence-electron chi connectivity index (χ4n) is 2.57. The predicted octanol–water partition coefficient (Wildman–Crippen LogP) is 0.0836. The van der Waals surface area contributed by atoms with Gasteiger partial charge in [-0.05, 0) is 12.6 Å². The number of rotatable bonds is 5. The molecule has 20 heavy (non-hydrogen) atoms. The second kappa shape index (κ2) is 7.38. The van der Waals surface area contributed by atoms with Crippen molar-refractivity contribution < 1.29 is 9.90 Å². The van der Waals surface area contributed by atoms with Gasteiger partial charge in [-0.1, -0.05) is 30.3 Å². The first kappa shape index (κ1) is 15.0. The molecule has 5 heteroatoms. The summed E-state index contributed by atoms with van der Waals surface area (Å²) >= 11 is 0. The van der Waals surface area contributed by atoms with Crippen LogP contribution in [0.15, 0.2) is 30.3 Å². The Morgan fingerprint density at radius 2 is 2.10 bits per heavy atom. The van der Waals surface area contributed by atoms with Crippen LogP contribution in [0.2, 0.25) is 0 Å². The second-order valence-electron chi connectivity index (χ2n) is 5.23. The van der Waals surface area contributed by atoms with E-state index in [1.165, 1.54) is 5.56 Å². The number of hydrogen-bond donors (Lipinski definition) is 2. The van der Waals surface area contributed by atoms with E-state index in [0.717, 1.165) is 19.6 Å². The van der Waals surface area contributed by atoms with Gasteiger partial charge in [0, 0.05) is 32.2 Å². The van der Waals surface area contributed by atoms with Crippen LogP contribution < -0.4 is 5.32 Å². The predicted molar refractivity (Wildman–Crippen MR) is 78.3 cm³/mol. The second-order valence-corrected chi connectivity index (χ2v) is 5.23. The molecule has 1 fully saturated rings. The van der Waals surface area contributed by atoms with Gasteiger partial charge in [-0.15, -0.1) is 0 Å². The topological polar surface area (TPSA) is 55.8 Å². The molecule has 1 saturated heterocycles. The van der Waals surface area contributed by atoms with Gasteiger partial charge in [-0.2, -0.15) is 0 Å². The van der Waals surface area contributed by atoms with Gasteiger partial charge in [0.2, 0.25) is 5.91 Å². The van der Waals surface area contributed by atoms with Crippen LogP contribution in [0.25, 0.3) is 0 Å². The highest BCUT2D eigenvalue weighted by atomic mass is 16.3. The summed E-state index contributed by atoms with van der Waals surface area (Å²) < 4.78 is 0. The van der Waals surface area contributed by atoms with E-state index in [1.807, 2.05) is 18.2 Å². The Bertz CT molecular complexity index is 424. The average molecular weight is 277 g/mol. The zero-order valence-corrected chi connectivity index (χ0v) is 12.0. The van der Waals surface area contributed by atoms with Crippen molar-refractivity contribution >= 4 is 5.91 Å². The van der Waals surface area contributed by atoms with Crippen LogP contribution in [0.4, 0.5) is 0 Å². The third-order valence-electron chi connectivity index (χ3n) is 3.66. The Morgan fingerprint density at radius 3 is 2.80 bits per heavy atom. The number of nitrogens with zero attached hydrogens (tertiary/aromatic N) is 2. The molecule has 2 rings (SSSR count). The SMILES string of the molecule is CN1CCN(CC(=O)NCCO)C(c2ccccc2)C1. The average Bonchev–Trinajstić information content (AvgIpc) is 2.48.